The molecule has 1 aromatic carbocycles. The van der Waals surface area contributed by atoms with Crippen molar-refractivity contribution < 1.29 is 14.0 Å². The van der Waals surface area contributed by atoms with Gasteiger partial charge in [-0.05, 0) is 18.2 Å². The van der Waals surface area contributed by atoms with Crippen LogP contribution in [0.3, 0.4) is 0 Å². The van der Waals surface area contributed by atoms with Gasteiger partial charge in [-0.25, -0.2) is 4.39 Å². The molecule has 0 aliphatic carbocycles. The van der Waals surface area contributed by atoms with Crippen molar-refractivity contribution in [2.45, 2.75) is 6.92 Å². The molecule has 0 saturated heterocycles. The van der Waals surface area contributed by atoms with E-state index in [1.807, 2.05) is 0 Å². The number of hydrogen-bond acceptors (Lipinski definition) is 3. The molecule has 0 unspecified atom stereocenters. The monoisotopic (exact) mass is 239 g/mol. The summed E-state index contributed by atoms with van der Waals surface area (Å²) in [7, 11) is 0. The van der Waals surface area contributed by atoms with E-state index in [0.717, 1.165) is 6.07 Å². The molecule has 0 atom stereocenters. The van der Waals surface area contributed by atoms with Gasteiger partial charge in [-0.3, -0.25) is 9.59 Å². The second-order valence-corrected chi connectivity index (χ2v) is 3.48. The third kappa shape index (κ3) is 4.10. The molecule has 6 heteroatoms. The second kappa shape index (κ2) is 5.83. The fourth-order valence-corrected chi connectivity index (χ4v) is 1.18. The first-order valence-corrected chi connectivity index (χ1v) is 5.08. The van der Waals surface area contributed by atoms with Crippen LogP contribution in [0.1, 0.15) is 17.3 Å². The summed E-state index contributed by atoms with van der Waals surface area (Å²) in [6, 6.07) is 3.84. The standard InChI is InChI=1S/C11H14FN3O2/c1-7(16)14-4-5-15-11(17)8-2-3-10(13)9(12)6-8/h2-3,6H,4-5,13H2,1H3,(H,14,16)(H,15,17). The van der Waals surface area contributed by atoms with Crippen LogP contribution in [0.15, 0.2) is 18.2 Å². The number of nitrogens with two attached hydrogens (primary N) is 1. The molecule has 0 saturated carbocycles. The lowest BCUT2D eigenvalue weighted by atomic mass is 10.2. The topological polar surface area (TPSA) is 84.2 Å². The van der Waals surface area contributed by atoms with Gasteiger partial charge in [0.1, 0.15) is 5.82 Å². The normalized spacial score (nSPS) is 9.76. The summed E-state index contributed by atoms with van der Waals surface area (Å²) in [5.74, 6) is -1.20. The van der Waals surface area contributed by atoms with Crippen molar-refractivity contribution in [2.75, 3.05) is 18.8 Å². The number of carbonyl (C=O) groups excluding carboxylic acids is 2. The maximum absolute atomic E-state index is 13.1. The van der Waals surface area contributed by atoms with Crippen LogP contribution in [-0.4, -0.2) is 24.9 Å². The molecule has 5 nitrogen and oxygen atoms in total. The molecule has 17 heavy (non-hydrogen) atoms. The van der Waals surface area contributed by atoms with Crippen LogP contribution >= 0.6 is 0 Å². The van der Waals surface area contributed by atoms with E-state index in [1.165, 1.54) is 19.1 Å². The first kappa shape index (κ1) is 13.0. The fraction of sp³-hybridized carbons (Fsp3) is 0.273. The maximum Gasteiger partial charge on any atom is 0.251 e. The largest absolute Gasteiger partial charge is 0.396 e. The zero-order chi connectivity index (χ0) is 12.8. The second-order valence-electron chi connectivity index (χ2n) is 3.48. The first-order chi connectivity index (χ1) is 8.00. The number of anilines is 1. The van der Waals surface area contributed by atoms with Crippen LogP contribution in [0.5, 0.6) is 0 Å². The highest BCUT2D eigenvalue weighted by molar-refractivity contribution is 5.94. The lowest BCUT2D eigenvalue weighted by molar-refractivity contribution is -0.118. The van der Waals surface area contributed by atoms with Gasteiger partial charge >= 0.3 is 0 Å². The maximum atomic E-state index is 13.1. The molecule has 0 fully saturated rings. The van der Waals surface area contributed by atoms with Crippen molar-refractivity contribution >= 4 is 17.5 Å². The first-order valence-electron chi connectivity index (χ1n) is 5.08. The number of rotatable bonds is 4. The molecule has 0 spiro atoms. The zero-order valence-electron chi connectivity index (χ0n) is 9.42. The number of carbonyl (C=O) groups is 2. The summed E-state index contributed by atoms with van der Waals surface area (Å²) in [4.78, 5) is 22.1. The van der Waals surface area contributed by atoms with E-state index in [-0.39, 0.29) is 23.7 Å². The van der Waals surface area contributed by atoms with Gasteiger partial charge in [-0.15, -0.1) is 0 Å². The van der Waals surface area contributed by atoms with Crippen LogP contribution < -0.4 is 16.4 Å². The summed E-state index contributed by atoms with van der Waals surface area (Å²) in [5.41, 5.74) is 5.48. The van der Waals surface area contributed by atoms with Gasteiger partial charge in [0, 0.05) is 25.6 Å². The molecule has 0 bridgehead atoms. The Kier molecular flexibility index (Phi) is 4.45. The molecular weight excluding hydrogens is 225 g/mol. The van der Waals surface area contributed by atoms with E-state index in [2.05, 4.69) is 10.6 Å². The van der Waals surface area contributed by atoms with Crippen LogP contribution in [0.25, 0.3) is 0 Å². The Hall–Kier alpha value is -2.11. The smallest absolute Gasteiger partial charge is 0.251 e. The number of hydrogen-bond donors (Lipinski definition) is 3. The lowest BCUT2D eigenvalue weighted by Gasteiger charge is -2.06. The van der Waals surface area contributed by atoms with E-state index >= 15 is 0 Å². The summed E-state index contributed by atoms with van der Waals surface area (Å²) >= 11 is 0. The summed E-state index contributed by atoms with van der Waals surface area (Å²) in [6.07, 6.45) is 0. The molecule has 1 aromatic rings. The molecule has 92 valence electrons. The molecule has 1 rings (SSSR count). The van der Waals surface area contributed by atoms with Crippen LogP contribution in [0, 0.1) is 5.82 Å². The van der Waals surface area contributed by atoms with E-state index in [9.17, 15) is 14.0 Å². The van der Waals surface area contributed by atoms with Crippen molar-refractivity contribution in [1.82, 2.24) is 10.6 Å². The average molecular weight is 239 g/mol. The Bertz CT molecular complexity index is 435. The summed E-state index contributed by atoms with van der Waals surface area (Å²) in [6.45, 7) is 2.00. The predicted molar refractivity (Wildman–Crippen MR) is 61.8 cm³/mol. The van der Waals surface area contributed by atoms with Gasteiger partial charge in [0.15, 0.2) is 0 Å². The van der Waals surface area contributed by atoms with Crippen LogP contribution in [-0.2, 0) is 4.79 Å². The highest BCUT2D eigenvalue weighted by atomic mass is 19.1. The molecule has 4 N–H and O–H groups in total. The average Bonchev–Trinajstić information content (AvgIpc) is 2.27. The fourth-order valence-electron chi connectivity index (χ4n) is 1.18. The molecule has 0 heterocycles. The van der Waals surface area contributed by atoms with E-state index in [4.69, 9.17) is 5.73 Å². The lowest BCUT2D eigenvalue weighted by Crippen LogP contribution is -2.33. The Morgan fingerprint density at radius 2 is 1.94 bits per heavy atom. The number of amides is 2. The Labute approximate surface area is 98.2 Å². The minimum atomic E-state index is -0.625. The molecule has 0 aliphatic heterocycles. The minimum absolute atomic E-state index is 0.000189. The SMILES string of the molecule is CC(=O)NCCNC(=O)c1ccc(N)c(F)c1. The van der Waals surface area contributed by atoms with Crippen molar-refractivity contribution in [2.24, 2.45) is 0 Å². The molecule has 2 amide bonds. The number of halogens is 1. The van der Waals surface area contributed by atoms with E-state index in [0.29, 0.717) is 6.54 Å². The predicted octanol–water partition coefficient (Wildman–Crippen LogP) is 0.274. The summed E-state index contributed by atoms with van der Waals surface area (Å²) < 4.78 is 13.1. The number of nitrogen functional groups attached to an aromatic ring is 1. The van der Waals surface area contributed by atoms with Crippen molar-refractivity contribution in [3.05, 3.63) is 29.6 Å². The number of benzene rings is 1. The minimum Gasteiger partial charge on any atom is -0.396 e. The van der Waals surface area contributed by atoms with E-state index in [1.54, 1.807) is 0 Å². The third-order valence-corrected chi connectivity index (χ3v) is 2.05. The van der Waals surface area contributed by atoms with E-state index < -0.39 is 11.7 Å². The van der Waals surface area contributed by atoms with Crippen LogP contribution in [0.4, 0.5) is 10.1 Å². The van der Waals surface area contributed by atoms with Gasteiger partial charge in [0.25, 0.3) is 5.91 Å². The molecular formula is C11H14FN3O2. The Morgan fingerprint density at radius 3 is 2.53 bits per heavy atom. The van der Waals surface area contributed by atoms with Crippen molar-refractivity contribution in [1.29, 1.82) is 0 Å². The highest BCUT2D eigenvalue weighted by Gasteiger charge is 2.07. The quantitative estimate of drug-likeness (QED) is 0.521. The Balaban J connectivity index is 2.47. The molecule has 0 aliphatic rings. The Morgan fingerprint density at radius 1 is 1.29 bits per heavy atom. The zero-order valence-corrected chi connectivity index (χ0v) is 9.42. The van der Waals surface area contributed by atoms with Gasteiger partial charge in [-0.2, -0.15) is 0 Å². The summed E-state index contributed by atoms with van der Waals surface area (Å²) in [5, 5.41) is 5.06. The van der Waals surface area contributed by atoms with Gasteiger partial charge in [0.05, 0.1) is 5.69 Å². The molecule has 0 radical (unpaired) electrons. The van der Waals surface area contributed by atoms with Gasteiger partial charge < -0.3 is 16.4 Å². The van der Waals surface area contributed by atoms with Crippen molar-refractivity contribution in [3.8, 4) is 0 Å². The molecule has 0 aromatic heterocycles. The van der Waals surface area contributed by atoms with Gasteiger partial charge in [0.2, 0.25) is 5.91 Å². The van der Waals surface area contributed by atoms with Gasteiger partial charge in [-0.1, -0.05) is 0 Å². The third-order valence-electron chi connectivity index (χ3n) is 2.05. The van der Waals surface area contributed by atoms with Crippen LogP contribution in [0.2, 0.25) is 0 Å². The van der Waals surface area contributed by atoms with Crippen molar-refractivity contribution in [3.63, 3.8) is 0 Å². The highest BCUT2D eigenvalue weighted by Crippen LogP contribution is 2.11. The number of nitrogens with one attached hydrogen (secondary N) is 2.